The number of carbonyl (C=O) groups excluding carboxylic acids is 1. The molecule has 0 saturated carbocycles. The molecule has 2 aromatic heterocycles. The van der Waals surface area contributed by atoms with Gasteiger partial charge in [0.15, 0.2) is 5.69 Å². The van der Waals surface area contributed by atoms with Crippen LogP contribution in [0.15, 0.2) is 77.9 Å². The van der Waals surface area contributed by atoms with Gasteiger partial charge in [-0.1, -0.05) is 18.2 Å². The minimum absolute atomic E-state index is 0.0593. The maximum atomic E-state index is 12.7. The quantitative estimate of drug-likeness (QED) is 0.471. The average Bonchev–Trinajstić information content (AvgIpc) is 3.35. The fourth-order valence-corrected chi connectivity index (χ4v) is 3.79. The van der Waals surface area contributed by atoms with E-state index in [0.29, 0.717) is 36.0 Å². The Morgan fingerprint density at radius 2 is 1.85 bits per heavy atom. The Hall–Kier alpha value is -4.24. The number of aromatic nitrogens is 4. The van der Waals surface area contributed by atoms with Gasteiger partial charge in [-0.3, -0.25) is 9.59 Å². The molecule has 0 atom stereocenters. The van der Waals surface area contributed by atoms with Crippen molar-refractivity contribution < 1.29 is 14.3 Å². The Morgan fingerprint density at radius 3 is 2.64 bits per heavy atom. The fourth-order valence-electron chi connectivity index (χ4n) is 3.79. The highest BCUT2D eigenvalue weighted by Gasteiger charge is 2.22. The van der Waals surface area contributed by atoms with Gasteiger partial charge in [0.2, 0.25) is 5.43 Å². The number of morpholine rings is 1. The van der Waals surface area contributed by atoms with Crippen LogP contribution in [-0.2, 0) is 9.53 Å². The minimum atomic E-state index is -0.224. The van der Waals surface area contributed by atoms with Gasteiger partial charge in [0, 0.05) is 30.6 Å². The maximum absolute atomic E-state index is 12.7. The number of methoxy groups -OCH3 is 1. The molecule has 9 heteroatoms. The van der Waals surface area contributed by atoms with E-state index in [9.17, 15) is 9.59 Å². The predicted molar refractivity (Wildman–Crippen MR) is 122 cm³/mol. The number of ether oxygens (including phenoxy) is 2. The molecule has 1 saturated heterocycles. The molecule has 9 nitrogen and oxygen atoms in total. The van der Waals surface area contributed by atoms with E-state index in [-0.39, 0.29) is 23.6 Å². The zero-order valence-electron chi connectivity index (χ0n) is 17.9. The lowest BCUT2D eigenvalue weighted by molar-refractivity contribution is -0.125. The average molecular weight is 443 g/mol. The van der Waals surface area contributed by atoms with Crippen molar-refractivity contribution in [3.8, 4) is 28.5 Å². The zero-order chi connectivity index (χ0) is 22.8. The molecule has 5 rings (SSSR count). The molecule has 0 unspecified atom stereocenters. The van der Waals surface area contributed by atoms with E-state index in [1.54, 1.807) is 45.9 Å². The first kappa shape index (κ1) is 20.7. The van der Waals surface area contributed by atoms with Crippen molar-refractivity contribution in [2.75, 3.05) is 31.8 Å². The van der Waals surface area contributed by atoms with Crippen molar-refractivity contribution in [1.29, 1.82) is 0 Å². The monoisotopic (exact) mass is 443 g/mol. The summed E-state index contributed by atoms with van der Waals surface area (Å²) >= 11 is 0. The largest absolute Gasteiger partial charge is 0.494 e. The fraction of sp³-hybridized carbons (Fsp3) is 0.167. The van der Waals surface area contributed by atoms with Gasteiger partial charge in [0.25, 0.3) is 5.91 Å². The molecule has 3 heterocycles. The van der Waals surface area contributed by atoms with Crippen LogP contribution in [0.25, 0.3) is 22.8 Å². The van der Waals surface area contributed by atoms with Crippen molar-refractivity contribution >= 4 is 11.6 Å². The first-order valence-electron chi connectivity index (χ1n) is 10.4. The van der Waals surface area contributed by atoms with Crippen molar-refractivity contribution in [3.63, 3.8) is 0 Å². The first-order valence-corrected chi connectivity index (χ1v) is 10.4. The van der Waals surface area contributed by atoms with Crippen LogP contribution in [0.2, 0.25) is 0 Å². The molecule has 2 aromatic carbocycles. The van der Waals surface area contributed by atoms with E-state index < -0.39 is 0 Å². The smallest absolute Gasteiger partial charge is 0.253 e. The van der Waals surface area contributed by atoms with Gasteiger partial charge >= 0.3 is 0 Å². The molecule has 0 bridgehead atoms. The van der Waals surface area contributed by atoms with Gasteiger partial charge in [0.05, 0.1) is 31.3 Å². The SMILES string of the molecule is COc1cc(N2CCOCC2=O)ccc1-n1ccc(=O)c(-c2ccnn2-c2ccccc2)n1. The van der Waals surface area contributed by atoms with Crippen LogP contribution in [-0.4, -0.2) is 52.3 Å². The number of rotatable bonds is 5. The second-order valence-electron chi connectivity index (χ2n) is 7.39. The van der Waals surface area contributed by atoms with Gasteiger partial charge in [0.1, 0.15) is 18.0 Å². The molecule has 0 radical (unpaired) electrons. The molecule has 166 valence electrons. The normalized spacial score (nSPS) is 13.8. The van der Waals surface area contributed by atoms with Crippen LogP contribution in [0.1, 0.15) is 0 Å². The third kappa shape index (κ3) is 3.90. The Balaban J connectivity index is 1.56. The van der Waals surface area contributed by atoms with Crippen LogP contribution in [0.3, 0.4) is 0 Å². The minimum Gasteiger partial charge on any atom is -0.494 e. The van der Waals surface area contributed by atoms with Crippen LogP contribution < -0.4 is 15.1 Å². The Kier molecular flexibility index (Phi) is 5.45. The van der Waals surface area contributed by atoms with E-state index in [1.165, 1.54) is 6.07 Å². The van der Waals surface area contributed by atoms with Crippen molar-refractivity contribution in [2.45, 2.75) is 0 Å². The molecule has 1 fully saturated rings. The number of hydrogen-bond acceptors (Lipinski definition) is 6. The molecule has 1 aliphatic rings. The number of benzene rings is 2. The summed E-state index contributed by atoms with van der Waals surface area (Å²) in [5, 5.41) is 8.97. The van der Waals surface area contributed by atoms with Crippen LogP contribution in [0, 0.1) is 0 Å². The summed E-state index contributed by atoms with van der Waals surface area (Å²) in [6, 6.07) is 18.2. The summed E-state index contributed by atoms with van der Waals surface area (Å²) in [7, 11) is 1.55. The molecule has 1 aliphatic heterocycles. The molecular formula is C24H21N5O4. The molecule has 0 spiro atoms. The summed E-state index contributed by atoms with van der Waals surface area (Å²) in [6.07, 6.45) is 3.22. The van der Waals surface area contributed by atoms with Gasteiger partial charge in [-0.15, -0.1) is 0 Å². The lowest BCUT2D eigenvalue weighted by Crippen LogP contribution is -2.41. The second kappa shape index (κ2) is 8.71. The summed E-state index contributed by atoms with van der Waals surface area (Å²) in [6.45, 7) is 1.02. The molecule has 33 heavy (non-hydrogen) atoms. The molecule has 0 aliphatic carbocycles. The summed E-state index contributed by atoms with van der Waals surface area (Å²) in [4.78, 5) is 26.6. The highest BCUT2D eigenvalue weighted by molar-refractivity contribution is 5.95. The second-order valence-corrected chi connectivity index (χ2v) is 7.39. The Bertz CT molecular complexity index is 1360. The third-order valence-corrected chi connectivity index (χ3v) is 5.40. The Morgan fingerprint density at radius 1 is 1.00 bits per heavy atom. The van der Waals surface area contributed by atoms with E-state index in [1.807, 2.05) is 42.5 Å². The highest BCUT2D eigenvalue weighted by Crippen LogP contribution is 2.29. The number of para-hydroxylation sites is 1. The summed E-state index contributed by atoms with van der Waals surface area (Å²) in [5.41, 5.74) is 2.79. The number of hydrogen-bond donors (Lipinski definition) is 0. The van der Waals surface area contributed by atoms with E-state index >= 15 is 0 Å². The van der Waals surface area contributed by atoms with Crippen LogP contribution >= 0.6 is 0 Å². The third-order valence-electron chi connectivity index (χ3n) is 5.40. The molecule has 1 amide bonds. The lowest BCUT2D eigenvalue weighted by atomic mass is 10.2. The van der Waals surface area contributed by atoms with Crippen molar-refractivity contribution in [3.05, 3.63) is 83.3 Å². The maximum Gasteiger partial charge on any atom is 0.253 e. The van der Waals surface area contributed by atoms with Gasteiger partial charge in [-0.2, -0.15) is 10.2 Å². The Labute approximate surface area is 189 Å². The topological polar surface area (TPSA) is 91.5 Å². The zero-order valence-corrected chi connectivity index (χ0v) is 17.9. The molecule has 0 N–H and O–H groups in total. The van der Waals surface area contributed by atoms with E-state index in [2.05, 4.69) is 10.2 Å². The number of amides is 1. The van der Waals surface area contributed by atoms with E-state index in [4.69, 9.17) is 9.47 Å². The van der Waals surface area contributed by atoms with Gasteiger partial charge < -0.3 is 14.4 Å². The number of anilines is 1. The summed E-state index contributed by atoms with van der Waals surface area (Å²) in [5.74, 6) is 0.416. The lowest BCUT2D eigenvalue weighted by Gasteiger charge is -2.27. The van der Waals surface area contributed by atoms with Gasteiger partial charge in [-0.25, -0.2) is 9.36 Å². The molecular weight excluding hydrogens is 422 g/mol. The number of carbonyl (C=O) groups is 1. The number of nitrogens with zero attached hydrogens (tertiary/aromatic N) is 5. The van der Waals surface area contributed by atoms with Crippen molar-refractivity contribution in [2.24, 2.45) is 0 Å². The van der Waals surface area contributed by atoms with Crippen molar-refractivity contribution in [1.82, 2.24) is 19.6 Å². The summed E-state index contributed by atoms with van der Waals surface area (Å²) < 4.78 is 14.1. The standard InChI is InChI=1S/C24H21N5O4/c1-32-22-15-18(27-13-14-33-16-23(27)31)7-8-19(22)28-12-10-21(30)24(26-28)20-9-11-25-29(20)17-5-3-2-4-6-17/h2-12,15H,13-14,16H2,1H3. The first-order chi connectivity index (χ1) is 16.2. The molecule has 4 aromatic rings. The van der Waals surface area contributed by atoms with Crippen LogP contribution in [0.5, 0.6) is 5.75 Å². The van der Waals surface area contributed by atoms with E-state index in [0.717, 1.165) is 5.69 Å². The highest BCUT2D eigenvalue weighted by atomic mass is 16.5. The predicted octanol–water partition coefficient (Wildman–Crippen LogP) is 2.46. The van der Waals surface area contributed by atoms with Crippen LogP contribution in [0.4, 0.5) is 5.69 Å². The van der Waals surface area contributed by atoms with Gasteiger partial charge in [-0.05, 0) is 30.3 Å².